The number of urea groups is 1. The highest BCUT2D eigenvalue weighted by molar-refractivity contribution is 5.90. The van der Waals surface area contributed by atoms with E-state index >= 15 is 0 Å². The fourth-order valence-corrected chi connectivity index (χ4v) is 4.98. The van der Waals surface area contributed by atoms with Crippen LogP contribution in [0.1, 0.15) is 25.3 Å². The molecule has 0 spiro atoms. The molecular weight excluding hydrogens is 444 g/mol. The molecule has 0 radical (unpaired) electrons. The summed E-state index contributed by atoms with van der Waals surface area (Å²) in [5, 5.41) is 12.2. The number of hydrogen-bond donors (Lipinski definition) is 2. The van der Waals surface area contributed by atoms with Gasteiger partial charge in [0.15, 0.2) is 0 Å². The SMILES string of the molecule is CC1CN(C(=O)Nc2ccccc2)C2C=CC(c3ccc(N4CCC(C(=O)O)CC4)nc3)=CC2O1. The summed E-state index contributed by atoms with van der Waals surface area (Å²) in [5.74, 6) is -0.108. The standard InChI is InChI=1S/C27H30N4O4/c1-18-17-31(27(34)29-22-5-3-2-4-6-22)23-9-7-20(15-24(23)35-18)21-8-10-25(28-16-21)30-13-11-19(12-14-30)26(32)33/h2-10,15-16,18-19,23-24H,11-14,17H2,1H3,(H,29,34)(H,32,33). The molecule has 3 heterocycles. The first kappa shape index (κ1) is 23.1. The molecule has 1 aliphatic carbocycles. The first-order valence-electron chi connectivity index (χ1n) is 12.1. The Morgan fingerprint density at radius 1 is 1.11 bits per heavy atom. The Morgan fingerprint density at radius 2 is 1.89 bits per heavy atom. The molecule has 0 saturated carbocycles. The number of nitrogens with one attached hydrogen (secondary N) is 1. The van der Waals surface area contributed by atoms with E-state index in [2.05, 4.69) is 21.3 Å². The highest BCUT2D eigenvalue weighted by Crippen LogP contribution is 2.31. The summed E-state index contributed by atoms with van der Waals surface area (Å²) in [6.45, 7) is 3.89. The zero-order valence-corrected chi connectivity index (χ0v) is 19.7. The van der Waals surface area contributed by atoms with Crippen LogP contribution in [0.5, 0.6) is 0 Å². The highest BCUT2D eigenvalue weighted by Gasteiger charge is 2.37. The number of rotatable bonds is 4. The first-order chi connectivity index (χ1) is 17.0. The van der Waals surface area contributed by atoms with Crippen molar-refractivity contribution in [2.45, 2.75) is 38.0 Å². The van der Waals surface area contributed by atoms with E-state index in [-0.39, 0.29) is 30.2 Å². The van der Waals surface area contributed by atoms with Crippen molar-refractivity contribution in [1.82, 2.24) is 9.88 Å². The molecule has 3 unspecified atom stereocenters. The van der Waals surface area contributed by atoms with E-state index in [1.54, 1.807) is 0 Å². The lowest BCUT2D eigenvalue weighted by atomic mass is 9.93. The lowest BCUT2D eigenvalue weighted by Crippen LogP contribution is -2.56. The van der Waals surface area contributed by atoms with Gasteiger partial charge in [0.25, 0.3) is 0 Å². The molecule has 2 aliphatic heterocycles. The van der Waals surface area contributed by atoms with Gasteiger partial charge in [-0.05, 0) is 61.2 Å². The summed E-state index contributed by atoms with van der Waals surface area (Å²) in [6, 6.07) is 13.2. The van der Waals surface area contributed by atoms with Crippen molar-refractivity contribution in [2.24, 2.45) is 5.92 Å². The third-order valence-corrected chi connectivity index (χ3v) is 6.89. The molecule has 3 aliphatic rings. The average Bonchev–Trinajstić information content (AvgIpc) is 2.88. The number of fused-ring (bicyclic) bond motifs is 1. The number of carbonyl (C=O) groups excluding carboxylic acids is 1. The lowest BCUT2D eigenvalue weighted by molar-refractivity contribution is -0.142. The van der Waals surface area contributed by atoms with Crippen LogP contribution in [0.2, 0.25) is 0 Å². The molecule has 35 heavy (non-hydrogen) atoms. The fourth-order valence-electron chi connectivity index (χ4n) is 4.98. The Kier molecular flexibility index (Phi) is 6.55. The summed E-state index contributed by atoms with van der Waals surface area (Å²) in [5.41, 5.74) is 2.75. The number of carboxylic acids is 1. The highest BCUT2D eigenvalue weighted by atomic mass is 16.5. The Labute approximate surface area is 204 Å². The van der Waals surface area contributed by atoms with Crippen LogP contribution < -0.4 is 10.2 Å². The van der Waals surface area contributed by atoms with E-state index in [0.29, 0.717) is 32.5 Å². The van der Waals surface area contributed by atoms with Crippen LogP contribution in [0, 0.1) is 5.92 Å². The zero-order valence-electron chi connectivity index (χ0n) is 19.7. The number of anilines is 2. The molecule has 5 rings (SSSR count). The molecule has 2 fully saturated rings. The minimum atomic E-state index is -0.711. The normalized spacial score (nSPS) is 24.5. The summed E-state index contributed by atoms with van der Waals surface area (Å²) in [4.78, 5) is 32.8. The minimum Gasteiger partial charge on any atom is -0.481 e. The number of aliphatic carboxylic acids is 1. The summed E-state index contributed by atoms with van der Waals surface area (Å²) >= 11 is 0. The monoisotopic (exact) mass is 474 g/mol. The number of piperidine rings is 1. The number of pyridine rings is 1. The molecule has 0 bridgehead atoms. The predicted octanol–water partition coefficient (Wildman–Crippen LogP) is 4.03. The Morgan fingerprint density at radius 3 is 2.57 bits per heavy atom. The van der Waals surface area contributed by atoms with Crippen LogP contribution in [0.4, 0.5) is 16.3 Å². The molecule has 2 saturated heterocycles. The number of carboxylic acid groups (broad SMARTS) is 1. The number of nitrogens with zero attached hydrogens (tertiary/aromatic N) is 3. The average molecular weight is 475 g/mol. The number of carbonyl (C=O) groups is 2. The predicted molar refractivity (Wildman–Crippen MR) is 134 cm³/mol. The van der Waals surface area contributed by atoms with Crippen molar-refractivity contribution in [3.8, 4) is 0 Å². The molecule has 2 N–H and O–H groups in total. The first-order valence-corrected chi connectivity index (χ1v) is 12.1. The van der Waals surface area contributed by atoms with Gasteiger partial charge in [-0.15, -0.1) is 0 Å². The smallest absolute Gasteiger partial charge is 0.322 e. The quantitative estimate of drug-likeness (QED) is 0.695. The van der Waals surface area contributed by atoms with Crippen molar-refractivity contribution < 1.29 is 19.4 Å². The van der Waals surface area contributed by atoms with Crippen LogP contribution in [0.3, 0.4) is 0 Å². The fraction of sp³-hybridized carbons (Fsp3) is 0.370. The third-order valence-electron chi connectivity index (χ3n) is 6.89. The number of hydrogen-bond acceptors (Lipinski definition) is 5. The molecule has 1 aromatic heterocycles. The van der Waals surface area contributed by atoms with E-state index in [1.807, 2.05) is 72.6 Å². The van der Waals surface area contributed by atoms with Crippen LogP contribution in [-0.4, -0.2) is 64.9 Å². The van der Waals surface area contributed by atoms with Crippen molar-refractivity contribution in [3.05, 3.63) is 72.5 Å². The molecule has 2 amide bonds. The van der Waals surface area contributed by atoms with E-state index in [1.165, 1.54) is 0 Å². The topological polar surface area (TPSA) is 95.0 Å². The molecular formula is C27H30N4O4. The molecule has 8 heteroatoms. The maximum atomic E-state index is 13.0. The van der Waals surface area contributed by atoms with Gasteiger partial charge >= 0.3 is 12.0 Å². The van der Waals surface area contributed by atoms with Crippen LogP contribution in [0.15, 0.2) is 66.9 Å². The summed E-state index contributed by atoms with van der Waals surface area (Å²) in [7, 11) is 0. The second-order valence-electron chi connectivity index (χ2n) is 9.34. The Bertz CT molecular complexity index is 1120. The van der Waals surface area contributed by atoms with E-state index < -0.39 is 5.97 Å². The van der Waals surface area contributed by atoms with Gasteiger partial charge in [-0.1, -0.05) is 30.4 Å². The van der Waals surface area contributed by atoms with Crippen LogP contribution in [0.25, 0.3) is 5.57 Å². The van der Waals surface area contributed by atoms with Crippen molar-refractivity contribution >= 4 is 29.1 Å². The second-order valence-corrected chi connectivity index (χ2v) is 9.34. The second kappa shape index (κ2) is 9.92. The van der Waals surface area contributed by atoms with Gasteiger partial charge in [-0.25, -0.2) is 9.78 Å². The largest absolute Gasteiger partial charge is 0.481 e. The minimum absolute atomic E-state index is 0.0870. The number of morpholine rings is 1. The summed E-state index contributed by atoms with van der Waals surface area (Å²) < 4.78 is 6.19. The van der Waals surface area contributed by atoms with Gasteiger partial charge in [-0.3, -0.25) is 4.79 Å². The van der Waals surface area contributed by atoms with Gasteiger partial charge in [-0.2, -0.15) is 0 Å². The number of benzene rings is 1. The van der Waals surface area contributed by atoms with Gasteiger partial charge < -0.3 is 25.0 Å². The number of allylic oxidation sites excluding steroid dienone is 2. The Balaban J connectivity index is 1.26. The Hall–Kier alpha value is -3.65. The number of amides is 2. The molecule has 3 atom stereocenters. The van der Waals surface area contributed by atoms with Gasteiger partial charge in [0.1, 0.15) is 11.9 Å². The number of aromatic nitrogens is 1. The van der Waals surface area contributed by atoms with Gasteiger partial charge in [0.05, 0.1) is 18.1 Å². The van der Waals surface area contributed by atoms with Crippen molar-refractivity contribution in [1.29, 1.82) is 0 Å². The van der Waals surface area contributed by atoms with E-state index in [0.717, 1.165) is 22.6 Å². The number of para-hydroxylation sites is 1. The maximum absolute atomic E-state index is 13.0. The van der Waals surface area contributed by atoms with E-state index in [4.69, 9.17) is 4.74 Å². The molecule has 8 nitrogen and oxygen atoms in total. The van der Waals surface area contributed by atoms with Gasteiger partial charge in [0.2, 0.25) is 0 Å². The molecule has 2 aromatic rings. The maximum Gasteiger partial charge on any atom is 0.322 e. The number of ether oxygens (including phenoxy) is 1. The third kappa shape index (κ3) is 5.07. The van der Waals surface area contributed by atoms with Gasteiger partial charge in [0, 0.05) is 31.5 Å². The van der Waals surface area contributed by atoms with Crippen molar-refractivity contribution in [3.63, 3.8) is 0 Å². The molecule has 1 aromatic carbocycles. The van der Waals surface area contributed by atoms with Crippen LogP contribution >= 0.6 is 0 Å². The summed E-state index contributed by atoms with van der Waals surface area (Å²) in [6.07, 6.45) is 8.92. The van der Waals surface area contributed by atoms with Crippen LogP contribution in [-0.2, 0) is 9.53 Å². The van der Waals surface area contributed by atoms with Crippen molar-refractivity contribution in [2.75, 3.05) is 29.9 Å². The zero-order chi connectivity index (χ0) is 24.4. The lowest BCUT2D eigenvalue weighted by Gasteiger charge is -2.43. The van der Waals surface area contributed by atoms with E-state index in [9.17, 15) is 14.7 Å². The molecule has 182 valence electrons.